The Morgan fingerprint density at radius 1 is 1.38 bits per heavy atom. The van der Waals surface area contributed by atoms with E-state index < -0.39 is 0 Å². The van der Waals surface area contributed by atoms with E-state index in [1.165, 1.54) is 0 Å². The van der Waals surface area contributed by atoms with Crippen LogP contribution in [0.25, 0.3) is 0 Å². The maximum atomic E-state index is 12.1. The van der Waals surface area contributed by atoms with Crippen LogP contribution in [0.4, 0.5) is 0 Å². The smallest absolute Gasteiger partial charge is 0.223 e. The second kappa shape index (κ2) is 5.67. The van der Waals surface area contributed by atoms with Gasteiger partial charge in [0.15, 0.2) is 0 Å². The fourth-order valence-electron chi connectivity index (χ4n) is 2.29. The SMILES string of the molecule is CCC(C)(CC)NC(=O)C1CCCC(N)C1. The quantitative estimate of drug-likeness (QED) is 0.772. The summed E-state index contributed by atoms with van der Waals surface area (Å²) in [5, 5.41) is 3.19. The monoisotopic (exact) mass is 226 g/mol. The third-order valence-electron chi connectivity index (χ3n) is 4.07. The first kappa shape index (κ1) is 13.5. The summed E-state index contributed by atoms with van der Waals surface area (Å²) in [6, 6.07) is 0.221. The van der Waals surface area contributed by atoms with Crippen molar-refractivity contribution in [1.29, 1.82) is 0 Å². The zero-order valence-corrected chi connectivity index (χ0v) is 10.9. The average molecular weight is 226 g/mol. The van der Waals surface area contributed by atoms with E-state index in [1.54, 1.807) is 0 Å². The lowest BCUT2D eigenvalue weighted by Crippen LogP contribution is -2.49. The molecule has 94 valence electrons. The van der Waals surface area contributed by atoms with Crippen molar-refractivity contribution < 1.29 is 4.79 Å². The molecule has 0 spiro atoms. The second-order valence-corrected chi connectivity index (χ2v) is 5.38. The van der Waals surface area contributed by atoms with Gasteiger partial charge in [0.1, 0.15) is 0 Å². The number of nitrogens with one attached hydrogen (secondary N) is 1. The molecule has 0 aromatic carbocycles. The van der Waals surface area contributed by atoms with Gasteiger partial charge in [-0.2, -0.15) is 0 Å². The average Bonchev–Trinajstić information content (AvgIpc) is 2.29. The molecule has 1 rings (SSSR count). The van der Waals surface area contributed by atoms with Gasteiger partial charge < -0.3 is 11.1 Å². The van der Waals surface area contributed by atoms with Crippen LogP contribution in [0, 0.1) is 5.92 Å². The van der Waals surface area contributed by atoms with Gasteiger partial charge in [-0.3, -0.25) is 4.79 Å². The van der Waals surface area contributed by atoms with Crippen molar-refractivity contribution >= 4 is 5.91 Å². The summed E-state index contributed by atoms with van der Waals surface area (Å²) in [6.45, 7) is 6.36. The van der Waals surface area contributed by atoms with Crippen LogP contribution in [-0.4, -0.2) is 17.5 Å². The van der Waals surface area contributed by atoms with Gasteiger partial charge >= 0.3 is 0 Å². The lowest BCUT2D eigenvalue weighted by atomic mass is 9.84. The predicted octanol–water partition coefficient (Wildman–Crippen LogP) is 2.20. The molecule has 0 saturated heterocycles. The van der Waals surface area contributed by atoms with E-state index in [4.69, 9.17) is 5.73 Å². The third kappa shape index (κ3) is 3.48. The summed E-state index contributed by atoms with van der Waals surface area (Å²) in [6.07, 6.45) is 5.98. The number of carbonyl (C=O) groups is 1. The van der Waals surface area contributed by atoms with E-state index in [1.807, 2.05) is 0 Å². The highest BCUT2D eigenvalue weighted by molar-refractivity contribution is 5.79. The van der Waals surface area contributed by atoms with Gasteiger partial charge in [0, 0.05) is 17.5 Å². The molecule has 1 fully saturated rings. The maximum Gasteiger partial charge on any atom is 0.223 e. The summed E-state index contributed by atoms with van der Waals surface area (Å²) >= 11 is 0. The lowest BCUT2D eigenvalue weighted by molar-refractivity contribution is -0.128. The molecule has 3 nitrogen and oxygen atoms in total. The van der Waals surface area contributed by atoms with Crippen LogP contribution >= 0.6 is 0 Å². The van der Waals surface area contributed by atoms with Crippen molar-refractivity contribution in [3.05, 3.63) is 0 Å². The van der Waals surface area contributed by atoms with Crippen LogP contribution in [0.1, 0.15) is 59.3 Å². The highest BCUT2D eigenvalue weighted by atomic mass is 16.2. The number of amides is 1. The van der Waals surface area contributed by atoms with Crippen molar-refractivity contribution in [3.63, 3.8) is 0 Å². The number of hydrogen-bond acceptors (Lipinski definition) is 2. The molecule has 0 radical (unpaired) electrons. The molecule has 2 unspecified atom stereocenters. The zero-order valence-electron chi connectivity index (χ0n) is 10.9. The molecule has 1 saturated carbocycles. The Labute approximate surface area is 99.2 Å². The fourth-order valence-corrected chi connectivity index (χ4v) is 2.29. The normalized spacial score (nSPS) is 26.5. The molecule has 2 atom stereocenters. The Morgan fingerprint density at radius 3 is 2.50 bits per heavy atom. The summed E-state index contributed by atoms with van der Waals surface area (Å²) in [7, 11) is 0. The van der Waals surface area contributed by atoms with Crippen LogP contribution in [0.5, 0.6) is 0 Å². The van der Waals surface area contributed by atoms with Gasteiger partial charge in [-0.25, -0.2) is 0 Å². The number of carbonyl (C=O) groups excluding carboxylic acids is 1. The van der Waals surface area contributed by atoms with Crippen LogP contribution in [0.3, 0.4) is 0 Å². The maximum absolute atomic E-state index is 12.1. The van der Waals surface area contributed by atoms with Gasteiger partial charge in [-0.05, 0) is 39.0 Å². The lowest BCUT2D eigenvalue weighted by Gasteiger charge is -2.32. The minimum absolute atomic E-state index is 0.0430. The molecule has 16 heavy (non-hydrogen) atoms. The molecule has 3 heteroatoms. The fraction of sp³-hybridized carbons (Fsp3) is 0.923. The summed E-state index contributed by atoms with van der Waals surface area (Å²) in [4.78, 5) is 12.1. The second-order valence-electron chi connectivity index (χ2n) is 5.38. The van der Waals surface area contributed by atoms with E-state index >= 15 is 0 Å². The van der Waals surface area contributed by atoms with Crippen LogP contribution < -0.4 is 11.1 Å². The van der Waals surface area contributed by atoms with Crippen molar-refractivity contribution in [3.8, 4) is 0 Å². The standard InChI is InChI=1S/C13H26N2O/c1-4-13(3,5-2)15-12(16)10-7-6-8-11(14)9-10/h10-11H,4-9,14H2,1-3H3,(H,15,16). The number of nitrogens with two attached hydrogens (primary N) is 1. The number of rotatable bonds is 4. The first-order valence-corrected chi connectivity index (χ1v) is 6.58. The van der Waals surface area contributed by atoms with Crippen molar-refractivity contribution in [2.24, 2.45) is 11.7 Å². The molecule has 1 amide bonds. The molecule has 0 bridgehead atoms. The van der Waals surface area contributed by atoms with Gasteiger partial charge in [0.25, 0.3) is 0 Å². The van der Waals surface area contributed by atoms with Crippen molar-refractivity contribution in [2.75, 3.05) is 0 Å². The molecule has 0 aromatic rings. The summed E-state index contributed by atoms with van der Waals surface area (Å²) < 4.78 is 0. The highest BCUT2D eigenvalue weighted by Gasteiger charge is 2.29. The third-order valence-corrected chi connectivity index (χ3v) is 4.07. The zero-order chi connectivity index (χ0) is 12.2. The van der Waals surface area contributed by atoms with Crippen molar-refractivity contribution in [1.82, 2.24) is 5.32 Å². The molecular weight excluding hydrogens is 200 g/mol. The van der Waals surface area contributed by atoms with Gasteiger partial charge in [0.05, 0.1) is 0 Å². The molecule has 0 aromatic heterocycles. The van der Waals surface area contributed by atoms with E-state index in [2.05, 4.69) is 26.1 Å². The Morgan fingerprint density at radius 2 is 2.00 bits per heavy atom. The minimum atomic E-state index is -0.0430. The van der Waals surface area contributed by atoms with E-state index in [-0.39, 0.29) is 23.4 Å². The van der Waals surface area contributed by atoms with E-state index in [0.29, 0.717) is 0 Å². The predicted molar refractivity (Wildman–Crippen MR) is 67.1 cm³/mol. The van der Waals surface area contributed by atoms with Crippen molar-refractivity contribution in [2.45, 2.75) is 70.9 Å². The largest absolute Gasteiger partial charge is 0.351 e. The van der Waals surface area contributed by atoms with Crippen LogP contribution in [0.2, 0.25) is 0 Å². The van der Waals surface area contributed by atoms with E-state index in [0.717, 1.165) is 38.5 Å². The molecule has 1 aliphatic rings. The Kier molecular flexibility index (Phi) is 4.78. The summed E-state index contributed by atoms with van der Waals surface area (Å²) in [5.41, 5.74) is 5.87. The minimum Gasteiger partial charge on any atom is -0.351 e. The van der Waals surface area contributed by atoms with Crippen LogP contribution in [-0.2, 0) is 4.79 Å². The van der Waals surface area contributed by atoms with Gasteiger partial charge in [-0.15, -0.1) is 0 Å². The number of hydrogen-bond donors (Lipinski definition) is 2. The highest BCUT2D eigenvalue weighted by Crippen LogP contribution is 2.24. The first-order chi connectivity index (χ1) is 7.50. The molecule has 0 aliphatic heterocycles. The Hall–Kier alpha value is -0.570. The first-order valence-electron chi connectivity index (χ1n) is 6.58. The van der Waals surface area contributed by atoms with Gasteiger partial charge in [-0.1, -0.05) is 20.3 Å². The van der Waals surface area contributed by atoms with Crippen LogP contribution in [0.15, 0.2) is 0 Å². The Bertz CT molecular complexity index is 236. The van der Waals surface area contributed by atoms with E-state index in [9.17, 15) is 4.79 Å². The molecule has 0 heterocycles. The topological polar surface area (TPSA) is 55.1 Å². The van der Waals surface area contributed by atoms with Gasteiger partial charge in [0.2, 0.25) is 5.91 Å². The molecule has 1 aliphatic carbocycles. The molecule has 3 N–H and O–H groups in total. The summed E-state index contributed by atoms with van der Waals surface area (Å²) in [5.74, 6) is 0.350. The Balaban J connectivity index is 2.51. The molecular formula is C13H26N2O.